The Kier molecular flexibility index (Phi) is 6.30. The van der Waals surface area contributed by atoms with E-state index in [1.165, 1.54) is 0 Å². The number of rotatable bonds is 7. The summed E-state index contributed by atoms with van der Waals surface area (Å²) >= 11 is 0. The van der Waals surface area contributed by atoms with Crippen molar-refractivity contribution >= 4 is 11.7 Å². The van der Waals surface area contributed by atoms with Crippen LogP contribution in [0, 0.1) is 0 Å². The molecule has 0 fully saturated rings. The van der Waals surface area contributed by atoms with Crippen LogP contribution in [0.4, 0.5) is 5.69 Å². The van der Waals surface area contributed by atoms with E-state index in [2.05, 4.69) is 0 Å². The Morgan fingerprint density at radius 3 is 2.08 bits per heavy atom. The number of hydrogen-bond acceptors (Lipinski definition) is 7. The van der Waals surface area contributed by atoms with Gasteiger partial charge in [-0.2, -0.15) is 0 Å². The maximum Gasteiger partial charge on any atom is 0.339 e. The molecule has 0 atom stereocenters. The van der Waals surface area contributed by atoms with Gasteiger partial charge in [-0.1, -0.05) is 6.07 Å². The highest BCUT2D eigenvalue weighted by atomic mass is 16.5. The largest absolute Gasteiger partial charge is 0.493 e. The van der Waals surface area contributed by atoms with E-state index in [0.717, 1.165) is 11.1 Å². The highest BCUT2D eigenvalue weighted by Gasteiger charge is 2.16. The summed E-state index contributed by atoms with van der Waals surface area (Å²) in [6, 6.07) is 8.64. The smallest absolute Gasteiger partial charge is 0.339 e. The first-order valence-corrected chi connectivity index (χ1v) is 7.93. The molecule has 0 aliphatic heterocycles. The predicted molar refractivity (Wildman–Crippen MR) is 99.9 cm³/mol. The summed E-state index contributed by atoms with van der Waals surface area (Å²) in [6.45, 7) is 0.202. The van der Waals surface area contributed by atoms with Gasteiger partial charge in [-0.15, -0.1) is 0 Å². The molecular weight excluding hydrogens is 336 g/mol. The molecule has 0 radical (unpaired) electrons. The molecule has 0 aliphatic rings. The van der Waals surface area contributed by atoms with Crippen LogP contribution in [0.1, 0.15) is 10.4 Å². The number of nitrogens with zero attached hydrogens (tertiary/aromatic N) is 1. The average Bonchev–Trinajstić information content (AvgIpc) is 2.64. The minimum Gasteiger partial charge on any atom is -0.493 e. The second-order valence-electron chi connectivity index (χ2n) is 5.86. The fourth-order valence-corrected chi connectivity index (χ4v) is 2.46. The van der Waals surface area contributed by atoms with Crippen molar-refractivity contribution in [3.05, 3.63) is 35.9 Å². The highest BCUT2D eigenvalue weighted by Crippen LogP contribution is 2.42. The second kappa shape index (κ2) is 8.44. The van der Waals surface area contributed by atoms with Crippen molar-refractivity contribution in [1.82, 2.24) is 4.90 Å². The Hall–Kier alpha value is -2.93. The lowest BCUT2D eigenvalue weighted by molar-refractivity contribution is 0.0319. The lowest BCUT2D eigenvalue weighted by atomic mass is 10.0. The normalized spacial score (nSPS) is 10.5. The minimum absolute atomic E-state index is 0.202. The van der Waals surface area contributed by atoms with E-state index in [1.807, 2.05) is 14.1 Å². The highest BCUT2D eigenvalue weighted by molar-refractivity contribution is 5.93. The number of hydrogen-bond donors (Lipinski definition) is 1. The summed E-state index contributed by atoms with van der Waals surface area (Å²) in [4.78, 5) is 13.8. The Balaban J connectivity index is 2.39. The first-order chi connectivity index (χ1) is 12.4. The van der Waals surface area contributed by atoms with Gasteiger partial charge in [0.1, 0.15) is 6.73 Å². The number of methoxy groups -OCH3 is 3. The van der Waals surface area contributed by atoms with Gasteiger partial charge in [0.05, 0.1) is 26.9 Å². The van der Waals surface area contributed by atoms with E-state index in [0.29, 0.717) is 28.5 Å². The van der Waals surface area contributed by atoms with Gasteiger partial charge in [0, 0.05) is 11.3 Å². The number of nitrogens with two attached hydrogens (primary N) is 1. The zero-order valence-corrected chi connectivity index (χ0v) is 15.7. The number of carbonyl (C=O) groups excluding carboxylic acids is 1. The zero-order chi connectivity index (χ0) is 19.3. The lowest BCUT2D eigenvalue weighted by Gasteiger charge is -2.15. The molecule has 2 N–H and O–H groups in total. The molecule has 0 saturated heterocycles. The molecule has 2 aromatic rings. The molecule has 2 rings (SSSR count). The van der Waals surface area contributed by atoms with Crippen LogP contribution in [0.15, 0.2) is 30.3 Å². The molecule has 0 heterocycles. The first kappa shape index (κ1) is 19.4. The quantitative estimate of drug-likeness (QED) is 0.462. The molecule has 0 amide bonds. The van der Waals surface area contributed by atoms with Crippen LogP contribution < -0.4 is 19.9 Å². The Morgan fingerprint density at radius 1 is 1.00 bits per heavy atom. The summed E-state index contributed by atoms with van der Waals surface area (Å²) in [6.07, 6.45) is 0. The summed E-state index contributed by atoms with van der Waals surface area (Å²) in [5.41, 5.74) is 8.53. The summed E-state index contributed by atoms with van der Waals surface area (Å²) in [5.74, 6) is 1.12. The van der Waals surface area contributed by atoms with E-state index in [-0.39, 0.29) is 6.73 Å². The molecule has 0 saturated carbocycles. The molecule has 0 bridgehead atoms. The van der Waals surface area contributed by atoms with E-state index < -0.39 is 5.97 Å². The van der Waals surface area contributed by atoms with Crippen molar-refractivity contribution in [3.63, 3.8) is 0 Å². The van der Waals surface area contributed by atoms with Gasteiger partial charge in [-0.05, 0) is 43.9 Å². The van der Waals surface area contributed by atoms with Crippen molar-refractivity contribution in [2.75, 3.05) is 47.9 Å². The molecule has 0 aromatic heterocycles. The molecule has 26 heavy (non-hydrogen) atoms. The van der Waals surface area contributed by atoms with Crippen LogP contribution in [0.2, 0.25) is 0 Å². The van der Waals surface area contributed by atoms with E-state index in [4.69, 9.17) is 24.7 Å². The van der Waals surface area contributed by atoms with Crippen LogP contribution in [0.5, 0.6) is 17.2 Å². The maximum absolute atomic E-state index is 12.1. The van der Waals surface area contributed by atoms with Gasteiger partial charge in [0.25, 0.3) is 0 Å². The number of benzene rings is 2. The number of nitrogen functional groups attached to an aromatic ring is 1. The number of ether oxygens (including phenoxy) is 4. The Morgan fingerprint density at radius 2 is 1.62 bits per heavy atom. The number of carbonyl (C=O) groups is 1. The molecule has 2 aromatic carbocycles. The predicted octanol–water partition coefficient (Wildman–Crippen LogP) is 2.64. The monoisotopic (exact) mass is 360 g/mol. The average molecular weight is 360 g/mol. The van der Waals surface area contributed by atoms with E-state index >= 15 is 0 Å². The molecular formula is C19H24N2O5. The topological polar surface area (TPSA) is 83.3 Å². The third kappa shape index (κ3) is 4.18. The number of esters is 1. The zero-order valence-electron chi connectivity index (χ0n) is 15.7. The SMILES string of the molecule is COc1cc(-c2ccc(C(=O)OCN(C)C)cc2N)cc(OC)c1OC. The third-order valence-electron chi connectivity index (χ3n) is 3.72. The van der Waals surface area contributed by atoms with Crippen LogP contribution in [0.25, 0.3) is 11.1 Å². The minimum atomic E-state index is -0.429. The van der Waals surface area contributed by atoms with E-state index in [9.17, 15) is 4.79 Å². The first-order valence-electron chi connectivity index (χ1n) is 7.93. The Bertz CT molecular complexity index is 764. The fourth-order valence-electron chi connectivity index (χ4n) is 2.46. The van der Waals surface area contributed by atoms with E-state index in [1.54, 1.807) is 56.6 Å². The van der Waals surface area contributed by atoms with Crippen LogP contribution in [-0.2, 0) is 4.74 Å². The fraction of sp³-hybridized carbons (Fsp3) is 0.316. The van der Waals surface area contributed by atoms with Crippen LogP contribution in [-0.4, -0.2) is 53.0 Å². The number of anilines is 1. The van der Waals surface area contributed by atoms with Crippen molar-refractivity contribution in [2.24, 2.45) is 0 Å². The van der Waals surface area contributed by atoms with Crippen molar-refractivity contribution < 1.29 is 23.7 Å². The molecule has 0 unspecified atom stereocenters. The van der Waals surface area contributed by atoms with Gasteiger partial charge in [0.15, 0.2) is 11.5 Å². The second-order valence-corrected chi connectivity index (χ2v) is 5.86. The van der Waals surface area contributed by atoms with Gasteiger partial charge < -0.3 is 24.7 Å². The Labute approximate surface area is 153 Å². The molecule has 7 heteroatoms. The van der Waals surface area contributed by atoms with Gasteiger partial charge in [-0.3, -0.25) is 4.90 Å². The lowest BCUT2D eigenvalue weighted by Crippen LogP contribution is -2.19. The van der Waals surface area contributed by atoms with Crippen LogP contribution in [0.3, 0.4) is 0 Å². The molecule has 140 valence electrons. The van der Waals surface area contributed by atoms with Crippen LogP contribution >= 0.6 is 0 Å². The molecule has 0 aliphatic carbocycles. The standard InChI is InChI=1S/C19H24N2O5/c1-21(2)11-26-19(22)12-6-7-14(15(20)8-12)13-9-16(23-3)18(25-5)17(10-13)24-4/h6-10H,11,20H2,1-5H3. The van der Waals surface area contributed by atoms with Crippen molar-refractivity contribution in [3.8, 4) is 28.4 Å². The van der Waals surface area contributed by atoms with Gasteiger partial charge >= 0.3 is 5.97 Å². The molecule has 7 nitrogen and oxygen atoms in total. The van der Waals surface area contributed by atoms with Gasteiger partial charge in [-0.25, -0.2) is 4.79 Å². The van der Waals surface area contributed by atoms with Crippen molar-refractivity contribution in [2.45, 2.75) is 0 Å². The summed E-state index contributed by atoms with van der Waals surface area (Å²) < 4.78 is 21.2. The third-order valence-corrected chi connectivity index (χ3v) is 3.72. The van der Waals surface area contributed by atoms with Crippen molar-refractivity contribution in [1.29, 1.82) is 0 Å². The molecule has 0 spiro atoms. The summed E-state index contributed by atoms with van der Waals surface area (Å²) in [5, 5.41) is 0. The summed E-state index contributed by atoms with van der Waals surface area (Å²) in [7, 11) is 8.27. The van der Waals surface area contributed by atoms with Gasteiger partial charge in [0.2, 0.25) is 5.75 Å². The maximum atomic E-state index is 12.1.